The SMILES string of the molecule is CC(O)CC(=O)Cc1ccc(O)cc1. The van der Waals surface area contributed by atoms with E-state index < -0.39 is 6.10 Å². The maximum Gasteiger partial charge on any atom is 0.139 e. The lowest BCUT2D eigenvalue weighted by molar-refractivity contribution is -0.120. The van der Waals surface area contributed by atoms with Crippen molar-refractivity contribution in [1.82, 2.24) is 0 Å². The average Bonchev–Trinajstić information content (AvgIpc) is 2.07. The van der Waals surface area contributed by atoms with Crippen LogP contribution in [0.4, 0.5) is 0 Å². The van der Waals surface area contributed by atoms with Crippen LogP contribution >= 0.6 is 0 Å². The number of phenols is 1. The van der Waals surface area contributed by atoms with Crippen molar-refractivity contribution in [1.29, 1.82) is 0 Å². The lowest BCUT2D eigenvalue weighted by atomic mass is 10.1. The maximum atomic E-state index is 11.3. The van der Waals surface area contributed by atoms with E-state index in [4.69, 9.17) is 10.2 Å². The van der Waals surface area contributed by atoms with Gasteiger partial charge in [0, 0.05) is 12.8 Å². The largest absolute Gasteiger partial charge is 0.508 e. The first-order valence-electron chi connectivity index (χ1n) is 4.55. The molecule has 0 saturated carbocycles. The van der Waals surface area contributed by atoms with Gasteiger partial charge in [-0.2, -0.15) is 0 Å². The number of aliphatic hydroxyl groups is 1. The Hall–Kier alpha value is -1.35. The highest BCUT2D eigenvalue weighted by Gasteiger charge is 2.06. The fourth-order valence-corrected chi connectivity index (χ4v) is 1.24. The minimum atomic E-state index is -0.584. The molecule has 0 spiro atoms. The molecule has 76 valence electrons. The Morgan fingerprint density at radius 3 is 2.43 bits per heavy atom. The molecule has 0 aliphatic heterocycles. The van der Waals surface area contributed by atoms with E-state index in [1.54, 1.807) is 31.2 Å². The molecule has 0 amide bonds. The van der Waals surface area contributed by atoms with E-state index >= 15 is 0 Å². The molecule has 0 fully saturated rings. The predicted molar refractivity (Wildman–Crippen MR) is 53.1 cm³/mol. The molecule has 1 aromatic rings. The molecule has 3 nitrogen and oxygen atoms in total. The van der Waals surface area contributed by atoms with Crippen LogP contribution in [0.1, 0.15) is 18.9 Å². The Morgan fingerprint density at radius 2 is 1.93 bits per heavy atom. The summed E-state index contributed by atoms with van der Waals surface area (Å²) < 4.78 is 0. The molecule has 0 bridgehead atoms. The van der Waals surface area contributed by atoms with Gasteiger partial charge in [0.15, 0.2) is 0 Å². The number of hydrogen-bond acceptors (Lipinski definition) is 3. The van der Waals surface area contributed by atoms with Gasteiger partial charge in [-0.1, -0.05) is 12.1 Å². The highest BCUT2D eigenvalue weighted by Crippen LogP contribution is 2.11. The van der Waals surface area contributed by atoms with E-state index in [0.717, 1.165) is 5.56 Å². The van der Waals surface area contributed by atoms with Crippen molar-refractivity contribution in [2.75, 3.05) is 0 Å². The molecule has 0 radical (unpaired) electrons. The third-order valence-electron chi connectivity index (χ3n) is 1.86. The van der Waals surface area contributed by atoms with Crippen LogP contribution in [-0.2, 0) is 11.2 Å². The number of carbonyl (C=O) groups is 1. The quantitative estimate of drug-likeness (QED) is 0.759. The summed E-state index contributed by atoms with van der Waals surface area (Å²) in [6, 6.07) is 6.50. The molecule has 1 atom stereocenters. The zero-order valence-electron chi connectivity index (χ0n) is 8.10. The number of phenolic OH excluding ortho intramolecular Hbond substituents is 1. The summed E-state index contributed by atoms with van der Waals surface area (Å²) in [6.07, 6.45) is -0.0916. The van der Waals surface area contributed by atoms with E-state index in [9.17, 15) is 4.79 Å². The molecule has 0 aliphatic carbocycles. The van der Waals surface area contributed by atoms with Crippen LogP contribution in [0, 0.1) is 0 Å². The summed E-state index contributed by atoms with van der Waals surface area (Å²) in [5, 5.41) is 18.0. The summed E-state index contributed by atoms with van der Waals surface area (Å²) in [5.74, 6) is 0.197. The van der Waals surface area contributed by atoms with Crippen molar-refractivity contribution in [2.24, 2.45) is 0 Å². The first-order chi connectivity index (χ1) is 6.58. The Balaban J connectivity index is 2.52. The third-order valence-corrected chi connectivity index (χ3v) is 1.86. The minimum Gasteiger partial charge on any atom is -0.508 e. The molecule has 1 rings (SSSR count). The van der Waals surface area contributed by atoms with Gasteiger partial charge >= 0.3 is 0 Å². The van der Waals surface area contributed by atoms with Gasteiger partial charge in [-0.15, -0.1) is 0 Å². The van der Waals surface area contributed by atoms with Crippen molar-refractivity contribution in [3.63, 3.8) is 0 Å². The fraction of sp³-hybridized carbons (Fsp3) is 0.364. The topological polar surface area (TPSA) is 57.5 Å². The van der Waals surface area contributed by atoms with Crippen LogP contribution in [0.15, 0.2) is 24.3 Å². The Kier molecular flexibility index (Phi) is 3.65. The molecular weight excluding hydrogens is 180 g/mol. The van der Waals surface area contributed by atoms with Gasteiger partial charge in [0.2, 0.25) is 0 Å². The minimum absolute atomic E-state index is 0.00527. The number of hydrogen-bond donors (Lipinski definition) is 2. The van der Waals surface area contributed by atoms with E-state index in [2.05, 4.69) is 0 Å². The monoisotopic (exact) mass is 194 g/mol. The molecule has 0 aromatic heterocycles. The number of benzene rings is 1. The molecule has 3 heteroatoms. The Labute approximate surface area is 83.0 Å². The number of aliphatic hydroxyl groups excluding tert-OH is 1. The van der Waals surface area contributed by atoms with Crippen LogP contribution in [0.2, 0.25) is 0 Å². The zero-order chi connectivity index (χ0) is 10.6. The zero-order valence-corrected chi connectivity index (χ0v) is 8.10. The number of rotatable bonds is 4. The van der Waals surface area contributed by atoms with Crippen molar-refractivity contribution in [2.45, 2.75) is 25.9 Å². The van der Waals surface area contributed by atoms with E-state index in [1.165, 1.54) is 0 Å². The predicted octanol–water partition coefficient (Wildman–Crippen LogP) is 1.27. The second kappa shape index (κ2) is 4.77. The molecular formula is C11H14O3. The third kappa shape index (κ3) is 3.58. The first kappa shape index (κ1) is 10.7. The van der Waals surface area contributed by atoms with Gasteiger partial charge in [-0.3, -0.25) is 4.79 Å². The van der Waals surface area contributed by atoms with Gasteiger partial charge in [-0.05, 0) is 24.6 Å². The highest BCUT2D eigenvalue weighted by molar-refractivity contribution is 5.81. The van der Waals surface area contributed by atoms with E-state index in [0.29, 0.717) is 6.42 Å². The fourth-order valence-electron chi connectivity index (χ4n) is 1.24. The maximum absolute atomic E-state index is 11.3. The number of Topliss-reactive ketones (excluding diaryl/α,β-unsaturated/α-hetero) is 1. The van der Waals surface area contributed by atoms with Crippen LogP contribution in [-0.4, -0.2) is 22.1 Å². The molecule has 0 saturated heterocycles. The van der Waals surface area contributed by atoms with Crippen molar-refractivity contribution in [3.05, 3.63) is 29.8 Å². The first-order valence-corrected chi connectivity index (χ1v) is 4.55. The summed E-state index contributed by atoms with van der Waals surface area (Å²) in [5.41, 5.74) is 0.855. The second-order valence-electron chi connectivity index (χ2n) is 3.44. The van der Waals surface area contributed by atoms with Gasteiger partial charge in [-0.25, -0.2) is 0 Å². The molecule has 1 aromatic carbocycles. The summed E-state index contributed by atoms with van der Waals surface area (Å²) in [4.78, 5) is 11.3. The summed E-state index contributed by atoms with van der Waals surface area (Å²) in [7, 11) is 0. The molecule has 0 heterocycles. The smallest absolute Gasteiger partial charge is 0.139 e. The average molecular weight is 194 g/mol. The summed E-state index contributed by atoms with van der Waals surface area (Å²) >= 11 is 0. The lowest BCUT2D eigenvalue weighted by Gasteiger charge is -2.03. The number of aromatic hydroxyl groups is 1. The van der Waals surface area contributed by atoms with E-state index in [-0.39, 0.29) is 18.0 Å². The standard InChI is InChI=1S/C11H14O3/c1-8(12)6-11(14)7-9-2-4-10(13)5-3-9/h2-5,8,12-13H,6-7H2,1H3. The lowest BCUT2D eigenvalue weighted by Crippen LogP contribution is -2.11. The van der Waals surface area contributed by atoms with E-state index in [1.807, 2.05) is 0 Å². The molecule has 2 N–H and O–H groups in total. The van der Waals surface area contributed by atoms with Gasteiger partial charge < -0.3 is 10.2 Å². The highest BCUT2D eigenvalue weighted by atomic mass is 16.3. The Morgan fingerprint density at radius 1 is 1.36 bits per heavy atom. The normalized spacial score (nSPS) is 12.4. The molecule has 14 heavy (non-hydrogen) atoms. The van der Waals surface area contributed by atoms with Gasteiger partial charge in [0.25, 0.3) is 0 Å². The van der Waals surface area contributed by atoms with Crippen molar-refractivity contribution < 1.29 is 15.0 Å². The van der Waals surface area contributed by atoms with Crippen LogP contribution in [0.3, 0.4) is 0 Å². The number of carbonyl (C=O) groups excluding carboxylic acids is 1. The van der Waals surface area contributed by atoms with Crippen molar-refractivity contribution in [3.8, 4) is 5.75 Å². The molecule has 1 unspecified atom stereocenters. The van der Waals surface area contributed by atoms with Gasteiger partial charge in [0.1, 0.15) is 11.5 Å². The van der Waals surface area contributed by atoms with Crippen molar-refractivity contribution >= 4 is 5.78 Å². The number of ketones is 1. The van der Waals surface area contributed by atoms with Crippen LogP contribution < -0.4 is 0 Å². The van der Waals surface area contributed by atoms with Gasteiger partial charge in [0.05, 0.1) is 6.10 Å². The second-order valence-corrected chi connectivity index (χ2v) is 3.44. The molecule has 0 aliphatic rings. The summed E-state index contributed by atoms with van der Waals surface area (Å²) in [6.45, 7) is 1.59. The van der Waals surface area contributed by atoms with Crippen LogP contribution in [0.25, 0.3) is 0 Å². The van der Waals surface area contributed by atoms with Crippen LogP contribution in [0.5, 0.6) is 5.75 Å². The Bertz CT molecular complexity index is 301.